The first kappa shape index (κ1) is 29.1. The van der Waals surface area contributed by atoms with E-state index in [1.54, 1.807) is 6.92 Å². The third kappa shape index (κ3) is 9.93. The second-order valence-corrected chi connectivity index (χ2v) is 9.95. The van der Waals surface area contributed by atoms with Gasteiger partial charge in [0.05, 0.1) is 0 Å². The Balaban J connectivity index is 0.00000121. The van der Waals surface area contributed by atoms with Gasteiger partial charge in [0.25, 0.3) is 0 Å². The van der Waals surface area contributed by atoms with Gasteiger partial charge in [-0.15, -0.1) is 0 Å². The summed E-state index contributed by atoms with van der Waals surface area (Å²) in [6.45, 7) is 17.9. The number of carbonyl (C=O) groups excluding carboxylic acids is 2. The highest BCUT2D eigenvalue weighted by Gasteiger charge is 2.32. The molecule has 2 aliphatic heterocycles. The van der Waals surface area contributed by atoms with Gasteiger partial charge in [0.2, 0.25) is 5.91 Å². The van der Waals surface area contributed by atoms with Crippen LogP contribution in [0.3, 0.4) is 0 Å². The standard InChI is InChI=1S/C24H42N2O2.2C2H6/c1-19-10-15-25(16-11-19)14-4-3-5-21-12-17-26(18-13-21)24(28)23-8-6-22(7-9-23)20(2)27;2*1-2/h19,21-23H,3-18H2,1-2H3;2*1-2H3. The molecule has 0 radical (unpaired) electrons. The maximum atomic E-state index is 12.8. The van der Waals surface area contributed by atoms with Crippen molar-refractivity contribution in [2.75, 3.05) is 32.7 Å². The molecule has 188 valence electrons. The summed E-state index contributed by atoms with van der Waals surface area (Å²) in [6.07, 6.45) is 12.8. The van der Waals surface area contributed by atoms with E-state index < -0.39 is 0 Å². The average molecular weight is 451 g/mol. The highest BCUT2D eigenvalue weighted by Crippen LogP contribution is 2.32. The highest BCUT2D eigenvalue weighted by atomic mass is 16.2. The number of likely N-dealkylation sites (tertiary alicyclic amines) is 2. The SMILES string of the molecule is CC.CC.CC(=O)C1CCC(C(=O)N2CCC(CCCCN3CCC(C)CC3)CC2)CC1. The molecule has 3 rings (SSSR count). The molecule has 4 nitrogen and oxygen atoms in total. The molecule has 0 unspecified atom stereocenters. The Bertz CT molecular complexity index is 498. The fourth-order valence-electron chi connectivity index (χ4n) is 5.50. The number of piperidine rings is 2. The minimum atomic E-state index is 0.180. The lowest BCUT2D eigenvalue weighted by Crippen LogP contribution is -2.43. The zero-order chi connectivity index (χ0) is 23.9. The van der Waals surface area contributed by atoms with Crippen molar-refractivity contribution in [2.45, 2.75) is 112 Å². The van der Waals surface area contributed by atoms with Crippen LogP contribution in [0.1, 0.15) is 112 Å². The quantitative estimate of drug-likeness (QED) is 0.412. The summed E-state index contributed by atoms with van der Waals surface area (Å²) < 4.78 is 0. The first-order valence-electron chi connectivity index (χ1n) is 14.0. The molecule has 0 bridgehead atoms. The summed E-state index contributed by atoms with van der Waals surface area (Å²) in [5.74, 6) is 2.82. The van der Waals surface area contributed by atoms with Crippen LogP contribution in [0, 0.1) is 23.7 Å². The number of unbranched alkanes of at least 4 members (excludes halogenated alkanes) is 1. The van der Waals surface area contributed by atoms with E-state index in [4.69, 9.17) is 0 Å². The van der Waals surface area contributed by atoms with Gasteiger partial charge < -0.3 is 9.80 Å². The zero-order valence-corrected chi connectivity index (χ0v) is 22.3. The van der Waals surface area contributed by atoms with Crippen LogP contribution < -0.4 is 0 Å². The lowest BCUT2D eigenvalue weighted by molar-refractivity contribution is -0.139. The number of nitrogens with zero attached hydrogens (tertiary/aromatic N) is 2. The first-order chi connectivity index (χ1) is 15.5. The van der Waals surface area contributed by atoms with Crippen molar-refractivity contribution < 1.29 is 9.59 Å². The molecular formula is C28H54N2O2. The first-order valence-corrected chi connectivity index (χ1v) is 14.0. The topological polar surface area (TPSA) is 40.6 Å². The number of rotatable bonds is 7. The van der Waals surface area contributed by atoms with Crippen LogP contribution in [-0.2, 0) is 9.59 Å². The van der Waals surface area contributed by atoms with Crippen molar-refractivity contribution in [3.8, 4) is 0 Å². The number of hydrogen-bond acceptors (Lipinski definition) is 3. The molecule has 1 saturated carbocycles. The predicted molar refractivity (Wildman–Crippen MR) is 137 cm³/mol. The third-order valence-corrected chi connectivity index (χ3v) is 7.79. The van der Waals surface area contributed by atoms with E-state index in [2.05, 4.69) is 16.7 Å². The van der Waals surface area contributed by atoms with Crippen molar-refractivity contribution in [2.24, 2.45) is 23.7 Å². The summed E-state index contributed by atoms with van der Waals surface area (Å²) in [6, 6.07) is 0. The van der Waals surface area contributed by atoms with Crippen LogP contribution in [0.2, 0.25) is 0 Å². The molecule has 0 spiro atoms. The van der Waals surface area contributed by atoms with E-state index in [1.165, 1.54) is 64.6 Å². The number of Topliss-reactive ketones (excluding diaryl/α,β-unsaturated/α-hetero) is 1. The summed E-state index contributed by atoms with van der Waals surface area (Å²) in [7, 11) is 0. The second kappa shape index (κ2) is 16.7. The van der Waals surface area contributed by atoms with Crippen LogP contribution in [-0.4, -0.2) is 54.2 Å². The summed E-state index contributed by atoms with van der Waals surface area (Å²) in [4.78, 5) is 29.1. The zero-order valence-electron chi connectivity index (χ0n) is 22.3. The van der Waals surface area contributed by atoms with E-state index in [9.17, 15) is 9.59 Å². The Morgan fingerprint density at radius 3 is 1.78 bits per heavy atom. The van der Waals surface area contributed by atoms with Crippen LogP contribution in [0.5, 0.6) is 0 Å². The highest BCUT2D eigenvalue weighted by molar-refractivity contribution is 5.81. The van der Waals surface area contributed by atoms with Crippen molar-refractivity contribution in [1.82, 2.24) is 9.80 Å². The largest absolute Gasteiger partial charge is 0.342 e. The van der Waals surface area contributed by atoms with Gasteiger partial charge in [0.15, 0.2) is 0 Å². The number of hydrogen-bond donors (Lipinski definition) is 0. The van der Waals surface area contributed by atoms with E-state index >= 15 is 0 Å². The Labute approximate surface area is 199 Å². The van der Waals surface area contributed by atoms with Gasteiger partial charge in [0.1, 0.15) is 5.78 Å². The molecule has 3 aliphatic rings. The van der Waals surface area contributed by atoms with Crippen LogP contribution >= 0.6 is 0 Å². The summed E-state index contributed by atoms with van der Waals surface area (Å²) in [5.41, 5.74) is 0. The van der Waals surface area contributed by atoms with Gasteiger partial charge in [-0.3, -0.25) is 9.59 Å². The Hall–Kier alpha value is -0.900. The molecule has 1 aliphatic carbocycles. The van der Waals surface area contributed by atoms with Crippen molar-refractivity contribution in [1.29, 1.82) is 0 Å². The fourth-order valence-corrected chi connectivity index (χ4v) is 5.50. The summed E-state index contributed by atoms with van der Waals surface area (Å²) in [5, 5.41) is 0. The Kier molecular flexibility index (Phi) is 15.2. The van der Waals surface area contributed by atoms with Crippen molar-refractivity contribution in [3.63, 3.8) is 0 Å². The fraction of sp³-hybridized carbons (Fsp3) is 0.929. The average Bonchev–Trinajstić information content (AvgIpc) is 2.85. The van der Waals surface area contributed by atoms with Crippen LogP contribution in [0.4, 0.5) is 0 Å². The molecule has 3 fully saturated rings. The van der Waals surface area contributed by atoms with E-state index in [0.717, 1.165) is 50.6 Å². The molecule has 1 amide bonds. The van der Waals surface area contributed by atoms with Gasteiger partial charge in [-0.05, 0) is 96.2 Å². The molecule has 2 saturated heterocycles. The molecular weight excluding hydrogens is 396 g/mol. The van der Waals surface area contributed by atoms with Crippen molar-refractivity contribution >= 4 is 11.7 Å². The predicted octanol–water partition coefficient (Wildman–Crippen LogP) is 6.58. The lowest BCUT2D eigenvalue weighted by Gasteiger charge is -2.36. The van der Waals surface area contributed by atoms with Crippen LogP contribution in [0.25, 0.3) is 0 Å². The van der Waals surface area contributed by atoms with Crippen LogP contribution in [0.15, 0.2) is 0 Å². The molecule has 0 N–H and O–H groups in total. The third-order valence-electron chi connectivity index (χ3n) is 7.79. The summed E-state index contributed by atoms with van der Waals surface area (Å²) >= 11 is 0. The van der Waals surface area contributed by atoms with Gasteiger partial charge in [-0.2, -0.15) is 0 Å². The number of ketones is 1. The normalized spacial score (nSPS) is 25.2. The molecule has 0 aromatic carbocycles. The Morgan fingerprint density at radius 1 is 0.719 bits per heavy atom. The Morgan fingerprint density at radius 2 is 1.25 bits per heavy atom. The molecule has 0 aromatic heterocycles. The van der Waals surface area contributed by atoms with Gasteiger partial charge >= 0.3 is 0 Å². The van der Waals surface area contributed by atoms with Crippen molar-refractivity contribution in [3.05, 3.63) is 0 Å². The molecule has 0 aromatic rings. The molecule has 32 heavy (non-hydrogen) atoms. The van der Waals surface area contributed by atoms with Gasteiger partial charge in [0, 0.05) is 24.9 Å². The number of carbonyl (C=O) groups is 2. The second-order valence-electron chi connectivity index (χ2n) is 9.95. The lowest BCUT2D eigenvalue weighted by atomic mass is 9.79. The number of amides is 1. The smallest absolute Gasteiger partial charge is 0.225 e. The van der Waals surface area contributed by atoms with Gasteiger partial charge in [-0.25, -0.2) is 0 Å². The molecule has 2 heterocycles. The molecule has 0 atom stereocenters. The minimum absolute atomic E-state index is 0.180. The maximum absolute atomic E-state index is 12.8. The molecule has 4 heteroatoms. The van der Waals surface area contributed by atoms with Gasteiger partial charge in [-0.1, -0.05) is 47.5 Å². The monoisotopic (exact) mass is 450 g/mol. The van der Waals surface area contributed by atoms with E-state index in [-0.39, 0.29) is 11.8 Å². The maximum Gasteiger partial charge on any atom is 0.225 e. The van der Waals surface area contributed by atoms with E-state index in [0.29, 0.717) is 11.7 Å². The van der Waals surface area contributed by atoms with E-state index in [1.807, 2.05) is 27.7 Å². The minimum Gasteiger partial charge on any atom is -0.342 e.